The highest BCUT2D eigenvalue weighted by Gasteiger charge is 2.20. The molecule has 0 aliphatic heterocycles. The minimum atomic E-state index is -0.588. The third kappa shape index (κ3) is 5.52. The van der Waals surface area contributed by atoms with Gasteiger partial charge in [0.1, 0.15) is 17.4 Å². The number of phenolic OH excluding ortho intramolecular Hbond substituents is 1. The van der Waals surface area contributed by atoms with Crippen LogP contribution in [-0.4, -0.2) is 38.4 Å². The highest BCUT2D eigenvalue weighted by molar-refractivity contribution is 6.03. The SMILES string of the molecule is N#Cc1c(-c2cccc(C(=O)NCCc3cnc[nH]3)c2)cc(-c2ccccc2O)nc1NC(=O)c1ccco1. The highest BCUT2D eigenvalue weighted by Crippen LogP contribution is 2.35. The number of benzene rings is 2. The third-order valence-corrected chi connectivity index (χ3v) is 5.96. The summed E-state index contributed by atoms with van der Waals surface area (Å²) in [5.41, 5.74) is 3.10. The Bertz CT molecular complexity index is 1670. The number of anilines is 1. The topological polar surface area (TPSA) is 157 Å². The predicted octanol–water partition coefficient (Wildman–Crippen LogP) is 4.53. The quantitative estimate of drug-likeness (QED) is 0.235. The van der Waals surface area contributed by atoms with Crippen LogP contribution in [0.3, 0.4) is 0 Å². The molecule has 0 fully saturated rings. The number of para-hydroxylation sites is 1. The van der Waals surface area contributed by atoms with Crippen molar-refractivity contribution in [1.82, 2.24) is 20.3 Å². The van der Waals surface area contributed by atoms with Gasteiger partial charge in [-0.25, -0.2) is 9.97 Å². The lowest BCUT2D eigenvalue weighted by molar-refractivity contribution is 0.0952. The Kier molecular flexibility index (Phi) is 7.14. The Balaban J connectivity index is 1.53. The number of aromatic amines is 1. The van der Waals surface area contributed by atoms with Gasteiger partial charge in [0, 0.05) is 41.5 Å². The van der Waals surface area contributed by atoms with Gasteiger partial charge in [0.05, 0.1) is 18.3 Å². The smallest absolute Gasteiger partial charge is 0.292 e. The molecule has 5 aromatic rings. The number of imidazole rings is 1. The summed E-state index contributed by atoms with van der Waals surface area (Å²) in [6.07, 6.45) is 5.24. The van der Waals surface area contributed by atoms with E-state index in [0.29, 0.717) is 40.9 Å². The summed E-state index contributed by atoms with van der Waals surface area (Å²) in [6.45, 7) is 0.407. The Morgan fingerprint density at radius 3 is 2.64 bits per heavy atom. The zero-order valence-corrected chi connectivity index (χ0v) is 20.5. The van der Waals surface area contributed by atoms with E-state index in [0.717, 1.165) is 5.69 Å². The molecular formula is C29H22N6O4. The van der Waals surface area contributed by atoms with Crippen LogP contribution in [-0.2, 0) is 6.42 Å². The monoisotopic (exact) mass is 518 g/mol. The highest BCUT2D eigenvalue weighted by atomic mass is 16.3. The number of H-pyrrole nitrogens is 1. The van der Waals surface area contributed by atoms with Crippen molar-refractivity contribution in [3.8, 4) is 34.2 Å². The van der Waals surface area contributed by atoms with Crippen LogP contribution in [0.25, 0.3) is 22.4 Å². The molecule has 0 bridgehead atoms. The summed E-state index contributed by atoms with van der Waals surface area (Å²) in [6, 6.07) is 20.2. The van der Waals surface area contributed by atoms with Crippen molar-refractivity contribution in [2.45, 2.75) is 6.42 Å². The molecule has 0 unspecified atom stereocenters. The number of carbonyl (C=O) groups excluding carboxylic acids is 2. The molecule has 2 aromatic carbocycles. The van der Waals surface area contributed by atoms with Crippen LogP contribution < -0.4 is 10.6 Å². The van der Waals surface area contributed by atoms with E-state index in [1.807, 2.05) is 0 Å². The van der Waals surface area contributed by atoms with Gasteiger partial charge >= 0.3 is 0 Å². The fourth-order valence-corrected chi connectivity index (χ4v) is 4.04. The summed E-state index contributed by atoms with van der Waals surface area (Å²) in [7, 11) is 0. The van der Waals surface area contributed by atoms with E-state index in [9.17, 15) is 20.0 Å². The van der Waals surface area contributed by atoms with Crippen LogP contribution in [0.4, 0.5) is 5.82 Å². The average Bonchev–Trinajstić information content (AvgIpc) is 3.68. The lowest BCUT2D eigenvalue weighted by Crippen LogP contribution is -2.25. The number of aromatic hydroxyl groups is 1. The number of nitrogens with zero attached hydrogens (tertiary/aromatic N) is 3. The molecule has 2 amide bonds. The van der Waals surface area contributed by atoms with Crippen molar-refractivity contribution >= 4 is 17.6 Å². The van der Waals surface area contributed by atoms with Crippen LogP contribution in [0, 0.1) is 11.3 Å². The second-order valence-corrected chi connectivity index (χ2v) is 8.50. The van der Waals surface area contributed by atoms with Gasteiger partial charge in [-0.2, -0.15) is 5.26 Å². The van der Waals surface area contributed by atoms with Crippen LogP contribution in [0.1, 0.15) is 32.2 Å². The van der Waals surface area contributed by atoms with Crippen LogP contribution in [0.15, 0.2) is 89.9 Å². The fourth-order valence-electron chi connectivity index (χ4n) is 4.04. The minimum absolute atomic E-state index is 0.0101. The number of hydrogen-bond acceptors (Lipinski definition) is 7. The van der Waals surface area contributed by atoms with Gasteiger partial charge in [-0.05, 0) is 48.0 Å². The van der Waals surface area contributed by atoms with E-state index in [2.05, 4.69) is 31.7 Å². The van der Waals surface area contributed by atoms with Crippen molar-refractivity contribution in [1.29, 1.82) is 5.26 Å². The summed E-state index contributed by atoms with van der Waals surface area (Å²) >= 11 is 0. The molecule has 192 valence electrons. The predicted molar refractivity (Wildman–Crippen MR) is 143 cm³/mol. The molecule has 39 heavy (non-hydrogen) atoms. The normalized spacial score (nSPS) is 10.5. The number of phenols is 1. The average molecular weight is 519 g/mol. The molecule has 10 heteroatoms. The second-order valence-electron chi connectivity index (χ2n) is 8.50. The lowest BCUT2D eigenvalue weighted by atomic mass is 9.96. The van der Waals surface area contributed by atoms with Crippen molar-refractivity contribution < 1.29 is 19.1 Å². The molecular weight excluding hydrogens is 496 g/mol. The molecule has 0 spiro atoms. The second kappa shape index (κ2) is 11.1. The number of furan rings is 1. The Labute approximate surface area is 223 Å². The first-order valence-corrected chi connectivity index (χ1v) is 12.0. The van der Waals surface area contributed by atoms with Crippen molar-refractivity contribution in [3.63, 3.8) is 0 Å². The largest absolute Gasteiger partial charge is 0.507 e. The Morgan fingerprint density at radius 1 is 1.03 bits per heavy atom. The molecule has 0 radical (unpaired) electrons. The summed E-state index contributed by atoms with van der Waals surface area (Å²) in [4.78, 5) is 37.1. The fraction of sp³-hybridized carbons (Fsp3) is 0.0690. The van der Waals surface area contributed by atoms with Crippen LogP contribution in [0.2, 0.25) is 0 Å². The molecule has 10 nitrogen and oxygen atoms in total. The molecule has 0 aliphatic carbocycles. The first-order chi connectivity index (χ1) is 19.0. The number of amides is 2. The Morgan fingerprint density at radius 2 is 1.90 bits per heavy atom. The van der Waals surface area contributed by atoms with E-state index < -0.39 is 5.91 Å². The number of pyridine rings is 1. The number of aromatic nitrogens is 3. The summed E-state index contributed by atoms with van der Waals surface area (Å²) in [5.74, 6) is -0.853. The molecule has 0 saturated heterocycles. The molecule has 0 atom stereocenters. The number of carbonyl (C=O) groups is 2. The standard InChI is InChI=1S/C29H22N6O4/c30-15-23-22(18-5-3-6-19(13-18)28(37)32-11-10-20-16-31-17-33-20)14-24(21-7-1-2-8-25(21)36)34-27(23)35-29(38)26-9-4-12-39-26/h1-9,12-14,16-17,36H,10-11H2,(H,31,33)(H,32,37)(H,34,35,38). The third-order valence-electron chi connectivity index (χ3n) is 5.96. The van der Waals surface area contributed by atoms with E-state index in [1.165, 1.54) is 18.4 Å². The van der Waals surface area contributed by atoms with Gasteiger partial charge in [-0.15, -0.1) is 0 Å². The first-order valence-electron chi connectivity index (χ1n) is 12.0. The van der Waals surface area contributed by atoms with Crippen LogP contribution in [0.5, 0.6) is 5.75 Å². The number of rotatable bonds is 8. The number of nitriles is 1. The van der Waals surface area contributed by atoms with Gasteiger partial charge in [0.15, 0.2) is 11.6 Å². The number of nitrogens with one attached hydrogen (secondary N) is 3. The van der Waals surface area contributed by atoms with E-state index >= 15 is 0 Å². The number of hydrogen-bond donors (Lipinski definition) is 4. The van der Waals surface area contributed by atoms with Crippen molar-refractivity contribution in [3.05, 3.63) is 108 Å². The van der Waals surface area contributed by atoms with E-state index in [1.54, 1.807) is 67.1 Å². The zero-order valence-electron chi connectivity index (χ0n) is 20.5. The summed E-state index contributed by atoms with van der Waals surface area (Å²) in [5, 5.41) is 26.1. The van der Waals surface area contributed by atoms with Gasteiger partial charge < -0.3 is 25.1 Å². The molecule has 5 rings (SSSR count). The van der Waals surface area contributed by atoms with E-state index in [4.69, 9.17) is 4.42 Å². The van der Waals surface area contributed by atoms with Crippen molar-refractivity contribution in [2.24, 2.45) is 0 Å². The maximum atomic E-state index is 12.9. The molecule has 0 aliphatic rings. The van der Waals surface area contributed by atoms with Gasteiger partial charge in [-0.1, -0.05) is 24.3 Å². The lowest BCUT2D eigenvalue weighted by Gasteiger charge is -2.14. The van der Waals surface area contributed by atoms with Gasteiger partial charge in [0.2, 0.25) is 0 Å². The van der Waals surface area contributed by atoms with Crippen LogP contribution >= 0.6 is 0 Å². The molecule has 0 saturated carbocycles. The zero-order chi connectivity index (χ0) is 27.2. The Hall–Kier alpha value is -5.69. The van der Waals surface area contributed by atoms with Gasteiger partial charge in [0.25, 0.3) is 11.8 Å². The van der Waals surface area contributed by atoms with E-state index in [-0.39, 0.29) is 28.8 Å². The maximum absolute atomic E-state index is 12.9. The molecule has 3 aromatic heterocycles. The maximum Gasteiger partial charge on any atom is 0.292 e. The molecule has 4 N–H and O–H groups in total. The minimum Gasteiger partial charge on any atom is -0.507 e. The first kappa shape index (κ1) is 25.0. The van der Waals surface area contributed by atoms with Crippen molar-refractivity contribution in [2.75, 3.05) is 11.9 Å². The summed E-state index contributed by atoms with van der Waals surface area (Å²) < 4.78 is 5.18. The van der Waals surface area contributed by atoms with Gasteiger partial charge in [-0.3, -0.25) is 9.59 Å². The molecule has 3 heterocycles.